The highest BCUT2D eigenvalue weighted by molar-refractivity contribution is 7.88. The van der Waals surface area contributed by atoms with Gasteiger partial charge in [0.1, 0.15) is 0 Å². The summed E-state index contributed by atoms with van der Waals surface area (Å²) in [5.41, 5.74) is 2.87. The Kier molecular flexibility index (Phi) is 5.74. The number of piperidine rings is 1. The first-order valence-electron chi connectivity index (χ1n) is 8.82. The van der Waals surface area contributed by atoms with Crippen molar-refractivity contribution in [2.45, 2.75) is 12.8 Å². The van der Waals surface area contributed by atoms with Crippen LogP contribution >= 0.6 is 0 Å². The third-order valence-electron chi connectivity index (χ3n) is 4.68. The molecule has 1 saturated heterocycles. The first kappa shape index (κ1) is 18.6. The summed E-state index contributed by atoms with van der Waals surface area (Å²) in [7, 11) is -3.20. The molecule has 0 spiro atoms. The van der Waals surface area contributed by atoms with Crippen molar-refractivity contribution in [3.8, 4) is 11.1 Å². The van der Waals surface area contributed by atoms with Crippen LogP contribution < -0.4 is 4.72 Å². The van der Waals surface area contributed by atoms with Gasteiger partial charge in [0, 0.05) is 25.2 Å². The molecular weight excluding hydrogens is 348 g/mol. The maximum absolute atomic E-state index is 12.8. The zero-order chi connectivity index (χ0) is 18.6. The Morgan fingerprint density at radius 2 is 1.73 bits per heavy atom. The van der Waals surface area contributed by atoms with Crippen LogP contribution in [0.1, 0.15) is 23.2 Å². The minimum Gasteiger partial charge on any atom is -0.338 e. The molecule has 1 aliphatic rings. The molecule has 2 aromatic rings. The lowest BCUT2D eigenvalue weighted by atomic mass is 9.97. The van der Waals surface area contributed by atoms with Gasteiger partial charge in [-0.05, 0) is 42.0 Å². The lowest BCUT2D eigenvalue weighted by molar-refractivity contribution is 0.0676. The molecule has 0 saturated carbocycles. The van der Waals surface area contributed by atoms with Crippen LogP contribution in [0.25, 0.3) is 11.1 Å². The molecule has 1 fully saturated rings. The van der Waals surface area contributed by atoms with Crippen molar-refractivity contribution in [3.63, 3.8) is 0 Å². The molecule has 3 rings (SSSR count). The van der Waals surface area contributed by atoms with Crippen molar-refractivity contribution in [3.05, 3.63) is 60.2 Å². The van der Waals surface area contributed by atoms with E-state index in [-0.39, 0.29) is 11.8 Å². The van der Waals surface area contributed by atoms with Gasteiger partial charge in [0.15, 0.2) is 0 Å². The number of hydrogen-bond acceptors (Lipinski definition) is 3. The Labute approximate surface area is 155 Å². The molecule has 6 heteroatoms. The summed E-state index contributed by atoms with van der Waals surface area (Å²) in [5.74, 6) is 0.166. The third kappa shape index (κ3) is 4.93. The van der Waals surface area contributed by atoms with Gasteiger partial charge in [-0.1, -0.05) is 42.5 Å². The van der Waals surface area contributed by atoms with Gasteiger partial charge in [-0.25, -0.2) is 13.1 Å². The number of carbonyl (C=O) groups excluding carboxylic acids is 1. The molecule has 0 aromatic heterocycles. The predicted molar refractivity (Wildman–Crippen MR) is 103 cm³/mol. The van der Waals surface area contributed by atoms with Crippen LogP contribution in [0.5, 0.6) is 0 Å². The quantitative estimate of drug-likeness (QED) is 0.878. The SMILES string of the molecule is CS(=O)(=O)NC[C@H]1CCCN(C(=O)c2ccc(-c3ccccc3)cc2)C1. The highest BCUT2D eigenvalue weighted by Gasteiger charge is 2.25. The summed E-state index contributed by atoms with van der Waals surface area (Å²) < 4.78 is 25.1. The van der Waals surface area contributed by atoms with Crippen LogP contribution in [-0.4, -0.2) is 45.1 Å². The fourth-order valence-electron chi connectivity index (χ4n) is 3.30. The van der Waals surface area contributed by atoms with E-state index in [1.807, 2.05) is 59.5 Å². The van der Waals surface area contributed by atoms with Gasteiger partial charge in [-0.3, -0.25) is 4.79 Å². The van der Waals surface area contributed by atoms with E-state index in [9.17, 15) is 13.2 Å². The smallest absolute Gasteiger partial charge is 0.253 e. The Balaban J connectivity index is 1.65. The fourth-order valence-corrected chi connectivity index (χ4v) is 3.84. The maximum Gasteiger partial charge on any atom is 0.253 e. The van der Waals surface area contributed by atoms with Crippen LogP contribution in [-0.2, 0) is 10.0 Å². The molecular formula is C20H24N2O3S. The van der Waals surface area contributed by atoms with Crippen LogP contribution in [0.4, 0.5) is 0 Å². The summed E-state index contributed by atoms with van der Waals surface area (Å²) in [6.45, 7) is 1.69. The molecule has 1 N–H and O–H groups in total. The number of nitrogens with zero attached hydrogens (tertiary/aromatic N) is 1. The molecule has 1 heterocycles. The Bertz CT molecular complexity index is 848. The van der Waals surface area contributed by atoms with E-state index in [1.54, 1.807) is 0 Å². The van der Waals surface area contributed by atoms with Crippen molar-refractivity contribution < 1.29 is 13.2 Å². The van der Waals surface area contributed by atoms with E-state index in [4.69, 9.17) is 0 Å². The van der Waals surface area contributed by atoms with Gasteiger partial charge in [0.2, 0.25) is 10.0 Å². The molecule has 0 bridgehead atoms. The molecule has 1 atom stereocenters. The van der Waals surface area contributed by atoms with Gasteiger partial charge in [0.05, 0.1) is 6.26 Å². The largest absolute Gasteiger partial charge is 0.338 e. The number of nitrogens with one attached hydrogen (secondary N) is 1. The fraction of sp³-hybridized carbons (Fsp3) is 0.350. The third-order valence-corrected chi connectivity index (χ3v) is 5.37. The second-order valence-electron chi connectivity index (χ2n) is 6.82. The summed E-state index contributed by atoms with van der Waals surface area (Å²) in [5, 5.41) is 0. The van der Waals surface area contributed by atoms with Crippen molar-refractivity contribution in [2.75, 3.05) is 25.9 Å². The summed E-state index contributed by atoms with van der Waals surface area (Å²) >= 11 is 0. The highest BCUT2D eigenvalue weighted by atomic mass is 32.2. The highest BCUT2D eigenvalue weighted by Crippen LogP contribution is 2.22. The predicted octanol–water partition coefficient (Wildman–Crippen LogP) is 2.76. The van der Waals surface area contributed by atoms with Gasteiger partial charge in [-0.15, -0.1) is 0 Å². The molecule has 0 radical (unpaired) electrons. The average Bonchev–Trinajstić information content (AvgIpc) is 2.66. The molecule has 0 unspecified atom stereocenters. The van der Waals surface area contributed by atoms with E-state index in [1.165, 1.54) is 0 Å². The molecule has 0 aliphatic carbocycles. The minimum atomic E-state index is -3.20. The lowest BCUT2D eigenvalue weighted by Crippen LogP contribution is -2.43. The minimum absolute atomic E-state index is 0.00803. The van der Waals surface area contributed by atoms with Crippen LogP contribution in [0, 0.1) is 5.92 Å². The number of hydrogen-bond donors (Lipinski definition) is 1. The van der Waals surface area contributed by atoms with E-state index in [2.05, 4.69) is 4.72 Å². The normalized spacial score (nSPS) is 17.9. The Morgan fingerprint density at radius 3 is 2.38 bits per heavy atom. The van der Waals surface area contributed by atoms with Crippen LogP contribution in [0.15, 0.2) is 54.6 Å². The van der Waals surface area contributed by atoms with Gasteiger partial charge >= 0.3 is 0 Å². The monoisotopic (exact) mass is 372 g/mol. The van der Waals surface area contributed by atoms with Crippen molar-refractivity contribution >= 4 is 15.9 Å². The molecule has 2 aromatic carbocycles. The zero-order valence-corrected chi connectivity index (χ0v) is 15.7. The van der Waals surface area contributed by atoms with E-state index in [0.717, 1.165) is 30.2 Å². The lowest BCUT2D eigenvalue weighted by Gasteiger charge is -2.32. The van der Waals surface area contributed by atoms with E-state index >= 15 is 0 Å². The average molecular weight is 372 g/mol. The summed E-state index contributed by atoms with van der Waals surface area (Å²) in [6, 6.07) is 17.7. The van der Waals surface area contributed by atoms with E-state index in [0.29, 0.717) is 25.2 Å². The van der Waals surface area contributed by atoms with Gasteiger partial charge < -0.3 is 4.90 Å². The number of carbonyl (C=O) groups is 1. The maximum atomic E-state index is 12.8. The second-order valence-corrected chi connectivity index (χ2v) is 8.66. The van der Waals surface area contributed by atoms with Crippen molar-refractivity contribution in [1.29, 1.82) is 0 Å². The Hall–Kier alpha value is -2.18. The molecule has 1 aliphatic heterocycles. The second kappa shape index (κ2) is 8.01. The standard InChI is InChI=1S/C20H24N2O3S/c1-26(24,25)21-14-16-6-5-13-22(15-16)20(23)19-11-9-18(10-12-19)17-7-3-2-4-8-17/h2-4,7-12,16,21H,5-6,13-15H2,1H3/t16-/m1/s1. The first-order chi connectivity index (χ1) is 12.4. The van der Waals surface area contributed by atoms with Gasteiger partial charge in [0.25, 0.3) is 5.91 Å². The van der Waals surface area contributed by atoms with Crippen molar-refractivity contribution in [2.24, 2.45) is 5.92 Å². The zero-order valence-electron chi connectivity index (χ0n) is 14.9. The number of amides is 1. The molecule has 5 nitrogen and oxygen atoms in total. The summed E-state index contributed by atoms with van der Waals surface area (Å²) in [4.78, 5) is 14.6. The summed E-state index contributed by atoms with van der Waals surface area (Å²) in [6.07, 6.45) is 2.98. The molecule has 138 valence electrons. The first-order valence-corrected chi connectivity index (χ1v) is 10.7. The van der Waals surface area contributed by atoms with Crippen LogP contribution in [0.2, 0.25) is 0 Å². The van der Waals surface area contributed by atoms with Crippen LogP contribution in [0.3, 0.4) is 0 Å². The Morgan fingerprint density at radius 1 is 1.08 bits per heavy atom. The number of benzene rings is 2. The number of rotatable bonds is 5. The van der Waals surface area contributed by atoms with E-state index < -0.39 is 10.0 Å². The number of likely N-dealkylation sites (tertiary alicyclic amines) is 1. The molecule has 1 amide bonds. The molecule has 26 heavy (non-hydrogen) atoms. The topological polar surface area (TPSA) is 66.5 Å². The van der Waals surface area contributed by atoms with Gasteiger partial charge in [-0.2, -0.15) is 0 Å². The number of sulfonamides is 1. The van der Waals surface area contributed by atoms with Crippen molar-refractivity contribution in [1.82, 2.24) is 9.62 Å².